The molecule has 0 saturated heterocycles. The monoisotopic (exact) mass is 310 g/mol. The first-order valence-electron chi connectivity index (χ1n) is 7.32. The molecule has 3 N–H and O–H groups in total. The minimum atomic E-state index is -0.896. The predicted octanol–water partition coefficient (Wildman–Crippen LogP) is 2.90. The minimum Gasteiger partial charge on any atom is -0.388 e. The van der Waals surface area contributed by atoms with E-state index in [0.29, 0.717) is 5.92 Å². The number of hydrogen-bond donors (Lipinski definition) is 3. The van der Waals surface area contributed by atoms with Crippen molar-refractivity contribution in [3.05, 3.63) is 34.9 Å². The van der Waals surface area contributed by atoms with Gasteiger partial charge >= 0.3 is 6.03 Å². The third-order valence-electron chi connectivity index (χ3n) is 4.23. The fourth-order valence-electron chi connectivity index (χ4n) is 2.14. The van der Waals surface area contributed by atoms with Crippen LogP contribution in [0.25, 0.3) is 0 Å². The van der Waals surface area contributed by atoms with Crippen molar-refractivity contribution < 1.29 is 9.90 Å². The molecule has 21 heavy (non-hydrogen) atoms. The lowest BCUT2D eigenvalue weighted by molar-refractivity contribution is 0.0166. The molecule has 1 fully saturated rings. The third-order valence-corrected chi connectivity index (χ3v) is 4.47. The standard InChI is InChI=1S/C16H23ClN2O2/c1-10(2)16(3,21)9-18-15(20)19-14-8-13(14)11-5-4-6-12(17)7-11/h4-7,10,13-14,21H,8-9H2,1-3H3,(H2,18,19,20). The van der Waals surface area contributed by atoms with Crippen molar-refractivity contribution in [2.45, 2.75) is 44.8 Å². The first kappa shape index (κ1) is 16.1. The predicted molar refractivity (Wildman–Crippen MR) is 84.6 cm³/mol. The molecule has 5 heteroatoms. The van der Waals surface area contributed by atoms with Crippen molar-refractivity contribution in [2.75, 3.05) is 6.54 Å². The Kier molecular flexibility index (Phi) is 4.79. The number of aliphatic hydroxyl groups is 1. The summed E-state index contributed by atoms with van der Waals surface area (Å²) in [6.45, 7) is 5.82. The molecule has 4 nitrogen and oxygen atoms in total. The quantitative estimate of drug-likeness (QED) is 0.783. The average molecular weight is 311 g/mol. The van der Waals surface area contributed by atoms with Crippen LogP contribution < -0.4 is 10.6 Å². The summed E-state index contributed by atoms with van der Waals surface area (Å²) in [6.07, 6.45) is 0.925. The molecule has 2 amide bonds. The normalized spacial score (nSPS) is 23.5. The van der Waals surface area contributed by atoms with Crippen LogP contribution in [0.15, 0.2) is 24.3 Å². The topological polar surface area (TPSA) is 61.4 Å². The van der Waals surface area contributed by atoms with Gasteiger partial charge in [-0.1, -0.05) is 37.6 Å². The molecule has 0 bridgehead atoms. The zero-order valence-electron chi connectivity index (χ0n) is 12.7. The number of carbonyl (C=O) groups is 1. The summed E-state index contributed by atoms with van der Waals surface area (Å²) in [5, 5.41) is 16.5. The Morgan fingerprint density at radius 1 is 1.52 bits per heavy atom. The van der Waals surface area contributed by atoms with Crippen LogP contribution in [0, 0.1) is 5.92 Å². The van der Waals surface area contributed by atoms with Gasteiger partial charge in [-0.05, 0) is 37.0 Å². The molecule has 1 saturated carbocycles. The van der Waals surface area contributed by atoms with Crippen molar-refractivity contribution in [1.82, 2.24) is 10.6 Å². The van der Waals surface area contributed by atoms with Crippen LogP contribution >= 0.6 is 11.6 Å². The molecule has 3 unspecified atom stereocenters. The van der Waals surface area contributed by atoms with E-state index in [-0.39, 0.29) is 24.5 Å². The number of rotatable bonds is 5. The molecule has 0 radical (unpaired) electrons. The van der Waals surface area contributed by atoms with Gasteiger partial charge in [-0.25, -0.2) is 4.79 Å². The summed E-state index contributed by atoms with van der Waals surface area (Å²) in [5.41, 5.74) is 0.259. The number of urea groups is 1. The SMILES string of the molecule is CC(C)C(C)(O)CNC(=O)NC1CC1c1cccc(Cl)c1. The zero-order valence-corrected chi connectivity index (χ0v) is 13.4. The van der Waals surface area contributed by atoms with E-state index in [1.807, 2.05) is 38.1 Å². The largest absolute Gasteiger partial charge is 0.388 e. The van der Waals surface area contributed by atoms with Gasteiger partial charge in [-0.3, -0.25) is 0 Å². The number of benzene rings is 1. The van der Waals surface area contributed by atoms with Gasteiger partial charge in [0.15, 0.2) is 0 Å². The summed E-state index contributed by atoms with van der Waals surface area (Å²) >= 11 is 5.97. The lowest BCUT2D eigenvalue weighted by atomic mass is 9.93. The fourth-order valence-corrected chi connectivity index (χ4v) is 2.34. The first-order chi connectivity index (χ1) is 9.79. The van der Waals surface area contributed by atoms with Crippen LogP contribution in [0.4, 0.5) is 4.79 Å². The van der Waals surface area contributed by atoms with E-state index in [1.165, 1.54) is 0 Å². The van der Waals surface area contributed by atoms with E-state index in [2.05, 4.69) is 10.6 Å². The Morgan fingerprint density at radius 3 is 2.86 bits per heavy atom. The number of hydrogen-bond acceptors (Lipinski definition) is 2. The second-order valence-electron chi connectivity index (χ2n) is 6.34. The van der Waals surface area contributed by atoms with E-state index in [4.69, 9.17) is 11.6 Å². The highest BCUT2D eigenvalue weighted by atomic mass is 35.5. The van der Waals surface area contributed by atoms with Crippen molar-refractivity contribution in [3.8, 4) is 0 Å². The number of carbonyl (C=O) groups excluding carboxylic acids is 1. The van der Waals surface area contributed by atoms with E-state index in [0.717, 1.165) is 17.0 Å². The summed E-state index contributed by atoms with van der Waals surface area (Å²) in [4.78, 5) is 11.8. The maximum absolute atomic E-state index is 11.8. The molecule has 0 heterocycles. The molecule has 0 aromatic heterocycles. The van der Waals surface area contributed by atoms with Crippen LogP contribution in [-0.2, 0) is 0 Å². The van der Waals surface area contributed by atoms with Crippen molar-refractivity contribution in [2.24, 2.45) is 5.92 Å². The molecular formula is C16H23ClN2O2. The molecule has 0 aliphatic heterocycles. The maximum Gasteiger partial charge on any atom is 0.315 e. The van der Waals surface area contributed by atoms with Crippen molar-refractivity contribution in [1.29, 1.82) is 0 Å². The van der Waals surface area contributed by atoms with E-state index in [1.54, 1.807) is 6.92 Å². The summed E-state index contributed by atoms with van der Waals surface area (Å²) in [7, 11) is 0. The Bertz CT molecular complexity index is 517. The van der Waals surface area contributed by atoms with Crippen LogP contribution in [0.1, 0.15) is 38.7 Å². The summed E-state index contributed by atoms with van der Waals surface area (Å²) < 4.78 is 0. The van der Waals surface area contributed by atoms with Crippen molar-refractivity contribution in [3.63, 3.8) is 0 Å². The van der Waals surface area contributed by atoms with Crippen molar-refractivity contribution >= 4 is 17.6 Å². The van der Waals surface area contributed by atoms with Gasteiger partial charge in [0.2, 0.25) is 0 Å². The summed E-state index contributed by atoms with van der Waals surface area (Å²) in [6, 6.07) is 7.65. The van der Waals surface area contributed by atoms with Gasteiger partial charge < -0.3 is 15.7 Å². The van der Waals surface area contributed by atoms with E-state index < -0.39 is 5.60 Å². The lowest BCUT2D eigenvalue weighted by Gasteiger charge is -2.27. The Balaban J connectivity index is 1.78. The Morgan fingerprint density at radius 2 is 2.24 bits per heavy atom. The van der Waals surface area contributed by atoms with Gasteiger partial charge in [0.25, 0.3) is 0 Å². The smallest absolute Gasteiger partial charge is 0.315 e. The second kappa shape index (κ2) is 6.24. The van der Waals surface area contributed by atoms with Crippen LogP contribution in [0.5, 0.6) is 0 Å². The van der Waals surface area contributed by atoms with Gasteiger partial charge in [0, 0.05) is 23.5 Å². The van der Waals surface area contributed by atoms with Gasteiger partial charge in [0.1, 0.15) is 0 Å². The minimum absolute atomic E-state index is 0.0814. The Hall–Kier alpha value is -1.26. The third kappa shape index (κ3) is 4.35. The molecular weight excluding hydrogens is 288 g/mol. The Labute approximate surface area is 130 Å². The molecule has 116 valence electrons. The second-order valence-corrected chi connectivity index (χ2v) is 6.78. The van der Waals surface area contributed by atoms with Gasteiger partial charge in [-0.15, -0.1) is 0 Å². The molecule has 1 aliphatic carbocycles. The number of amides is 2. The molecule has 1 aromatic rings. The zero-order chi connectivity index (χ0) is 15.6. The lowest BCUT2D eigenvalue weighted by Crippen LogP contribution is -2.48. The van der Waals surface area contributed by atoms with Crippen LogP contribution in [-0.4, -0.2) is 29.3 Å². The van der Waals surface area contributed by atoms with Crippen LogP contribution in [0.2, 0.25) is 5.02 Å². The maximum atomic E-state index is 11.8. The highest BCUT2D eigenvalue weighted by Crippen LogP contribution is 2.41. The molecule has 3 atom stereocenters. The highest BCUT2D eigenvalue weighted by Gasteiger charge is 2.39. The molecule has 0 spiro atoms. The van der Waals surface area contributed by atoms with Gasteiger partial charge in [0.05, 0.1) is 5.60 Å². The number of halogens is 1. The van der Waals surface area contributed by atoms with E-state index in [9.17, 15) is 9.90 Å². The molecule has 1 aliphatic rings. The molecule has 1 aromatic carbocycles. The van der Waals surface area contributed by atoms with E-state index >= 15 is 0 Å². The highest BCUT2D eigenvalue weighted by molar-refractivity contribution is 6.30. The fraction of sp³-hybridized carbons (Fsp3) is 0.562. The van der Waals surface area contributed by atoms with Crippen LogP contribution in [0.3, 0.4) is 0 Å². The first-order valence-corrected chi connectivity index (χ1v) is 7.69. The molecule has 2 rings (SSSR count). The summed E-state index contributed by atoms with van der Waals surface area (Å²) in [5.74, 6) is 0.415. The average Bonchev–Trinajstić information content (AvgIpc) is 3.15. The van der Waals surface area contributed by atoms with Gasteiger partial charge in [-0.2, -0.15) is 0 Å². The number of nitrogens with one attached hydrogen (secondary N) is 2.